The fourth-order valence-corrected chi connectivity index (χ4v) is 14.8. The highest BCUT2D eigenvalue weighted by Crippen LogP contribution is 2.55. The first kappa shape index (κ1) is 38.7. The summed E-state index contributed by atoms with van der Waals surface area (Å²) in [6, 6.07) is 89.7. The number of para-hydroxylation sites is 3. The fraction of sp³-hybridized carbons (Fsp3) is 0. The molecule has 3 aliphatic rings. The Bertz CT molecular complexity index is 4820. The van der Waals surface area contributed by atoms with Crippen LogP contribution in [-0.4, -0.2) is 13.7 Å². The summed E-state index contributed by atoms with van der Waals surface area (Å²) in [7, 11) is 0. The molecule has 0 unspecified atom stereocenters. The first-order valence-electron chi connectivity index (χ1n) is 26.2. The monoisotopic (exact) mass is 945 g/mol. The van der Waals surface area contributed by atoms with Crippen LogP contribution in [0, 0.1) is 0 Å². The summed E-state index contributed by atoms with van der Waals surface area (Å²) in [6.07, 6.45) is 0. The van der Waals surface area contributed by atoms with Crippen molar-refractivity contribution in [3.63, 3.8) is 0 Å². The molecular weight excluding hydrogens is 907 g/mol. The second kappa shape index (κ2) is 13.6. The van der Waals surface area contributed by atoms with Gasteiger partial charge in [-0.1, -0.05) is 182 Å². The van der Waals surface area contributed by atoms with Crippen molar-refractivity contribution in [2.24, 2.45) is 0 Å². The van der Waals surface area contributed by atoms with Crippen molar-refractivity contribution in [3.8, 4) is 83.8 Å². The van der Waals surface area contributed by atoms with E-state index in [-0.39, 0.29) is 0 Å². The van der Waals surface area contributed by atoms with Gasteiger partial charge in [0.1, 0.15) is 0 Å². The Morgan fingerprint density at radius 1 is 0.160 bits per heavy atom. The second-order valence-electron chi connectivity index (χ2n) is 21.0. The van der Waals surface area contributed by atoms with Crippen LogP contribution in [0.5, 0.6) is 0 Å². The van der Waals surface area contributed by atoms with Crippen LogP contribution in [0.25, 0.3) is 182 Å². The lowest BCUT2D eigenvalue weighted by Gasteiger charge is -2.18. The van der Waals surface area contributed by atoms with E-state index in [0.29, 0.717) is 0 Å². The van der Waals surface area contributed by atoms with Crippen molar-refractivity contribution in [2.45, 2.75) is 0 Å². The van der Waals surface area contributed by atoms with Crippen molar-refractivity contribution in [3.05, 3.63) is 237 Å². The summed E-state index contributed by atoms with van der Waals surface area (Å²) in [5.41, 5.74) is 26.1. The van der Waals surface area contributed by atoms with E-state index in [1.165, 1.54) is 164 Å². The van der Waals surface area contributed by atoms with E-state index in [4.69, 9.17) is 0 Å². The van der Waals surface area contributed by atoms with Gasteiger partial charge < -0.3 is 13.7 Å². The lowest BCUT2D eigenvalue weighted by Crippen LogP contribution is -2.03. The number of rotatable bonds is 3. The fourth-order valence-electron chi connectivity index (χ4n) is 14.8. The molecule has 0 spiro atoms. The lowest BCUT2D eigenvalue weighted by atomic mass is 9.98. The molecule has 16 aromatic rings. The van der Waals surface area contributed by atoms with E-state index >= 15 is 0 Å². The number of hydrogen-bond donors (Lipinski definition) is 0. The Balaban J connectivity index is 0.991. The molecule has 75 heavy (non-hydrogen) atoms. The van der Waals surface area contributed by atoms with Crippen LogP contribution in [0.2, 0.25) is 0 Å². The molecule has 0 atom stereocenters. The molecule has 3 heterocycles. The highest BCUT2D eigenvalue weighted by Gasteiger charge is 2.30. The number of nitrogens with zero attached hydrogens (tertiary/aromatic N) is 3. The van der Waals surface area contributed by atoms with Crippen molar-refractivity contribution < 1.29 is 0 Å². The van der Waals surface area contributed by atoms with Gasteiger partial charge in [0, 0.05) is 32.3 Å². The first-order chi connectivity index (χ1) is 37.2. The standard InChI is InChI=1S/C72H39N3/c1-4-19-46-43(16-1)49-25-13-28-55-67(49)58(46)37-64-70(55)52-22-7-10-31-61(52)73(64)40-34-41(74-62-32-11-8-23-53(62)71-56-29-14-26-50-44-17-2-5-20-47(44)59(68(50)56)38-65(71)74)36-42(35-40)75-63-33-12-9-24-54(63)72-57-30-15-27-51-45-18-3-6-21-48(45)60(69(51)57)39-66(72)75/h1-39H. The van der Waals surface area contributed by atoms with Gasteiger partial charge in [0.15, 0.2) is 0 Å². The van der Waals surface area contributed by atoms with Gasteiger partial charge in [-0.15, -0.1) is 0 Å². The van der Waals surface area contributed by atoms with Crippen LogP contribution in [-0.2, 0) is 0 Å². The number of benzene rings is 13. The first-order valence-corrected chi connectivity index (χ1v) is 26.2. The minimum atomic E-state index is 1.11. The molecule has 0 radical (unpaired) electrons. The normalized spacial score (nSPS) is 12.8. The van der Waals surface area contributed by atoms with Gasteiger partial charge in [-0.3, -0.25) is 0 Å². The van der Waals surface area contributed by atoms with Gasteiger partial charge in [-0.25, -0.2) is 0 Å². The predicted molar refractivity (Wildman–Crippen MR) is 315 cm³/mol. The minimum Gasteiger partial charge on any atom is -0.309 e. The SMILES string of the molecule is c1ccc2c(c1)-c1cccc3c1c-2cc1c3c2ccccc2n1-c1cc(-n2c3ccccc3c3c4cccc5c4c(cc32)-c2ccccc2-5)cc(-n2c3ccccc3c3c4cccc5c4c(cc32)-c2ccccc2-5)c1. The largest absolute Gasteiger partial charge is 0.309 e. The summed E-state index contributed by atoms with van der Waals surface area (Å²) in [5.74, 6) is 0. The lowest BCUT2D eigenvalue weighted by molar-refractivity contribution is 1.10. The van der Waals surface area contributed by atoms with E-state index in [2.05, 4.69) is 250 Å². The molecule has 0 amide bonds. The molecule has 3 aromatic heterocycles. The number of fused-ring (bicyclic) bond motifs is 21. The highest BCUT2D eigenvalue weighted by molar-refractivity contribution is 6.32. The van der Waals surface area contributed by atoms with Crippen LogP contribution < -0.4 is 0 Å². The second-order valence-corrected chi connectivity index (χ2v) is 21.0. The van der Waals surface area contributed by atoms with Crippen LogP contribution in [0.15, 0.2) is 237 Å². The molecule has 0 saturated heterocycles. The van der Waals surface area contributed by atoms with Crippen molar-refractivity contribution in [1.29, 1.82) is 0 Å². The summed E-state index contributed by atoms with van der Waals surface area (Å²) in [4.78, 5) is 0. The van der Waals surface area contributed by atoms with Gasteiger partial charge in [0.2, 0.25) is 0 Å². The van der Waals surface area contributed by atoms with Gasteiger partial charge in [-0.05, 0) is 154 Å². The quantitative estimate of drug-likeness (QED) is 0.168. The molecule has 13 aromatic carbocycles. The van der Waals surface area contributed by atoms with Gasteiger partial charge in [-0.2, -0.15) is 0 Å². The van der Waals surface area contributed by atoms with Crippen LogP contribution in [0.4, 0.5) is 0 Å². The predicted octanol–water partition coefficient (Wildman–Crippen LogP) is 19.4. The summed E-state index contributed by atoms with van der Waals surface area (Å²) in [5, 5.41) is 15.5. The average molecular weight is 946 g/mol. The third-order valence-electron chi connectivity index (χ3n) is 17.6. The van der Waals surface area contributed by atoms with Crippen LogP contribution in [0.3, 0.4) is 0 Å². The zero-order valence-corrected chi connectivity index (χ0v) is 40.4. The zero-order valence-electron chi connectivity index (χ0n) is 40.4. The molecule has 19 rings (SSSR count). The van der Waals surface area contributed by atoms with E-state index in [1.807, 2.05) is 0 Å². The van der Waals surface area contributed by atoms with Crippen molar-refractivity contribution in [1.82, 2.24) is 13.7 Å². The number of hydrogen-bond acceptors (Lipinski definition) is 0. The van der Waals surface area contributed by atoms with Gasteiger partial charge >= 0.3 is 0 Å². The zero-order chi connectivity index (χ0) is 48.4. The van der Waals surface area contributed by atoms with E-state index < -0.39 is 0 Å². The maximum absolute atomic E-state index is 2.57. The van der Waals surface area contributed by atoms with E-state index in [1.54, 1.807) is 0 Å². The smallest absolute Gasteiger partial charge is 0.0553 e. The Morgan fingerprint density at radius 3 is 0.707 bits per heavy atom. The Labute approximate surface area is 429 Å². The summed E-state index contributed by atoms with van der Waals surface area (Å²) in [6.45, 7) is 0. The molecule has 0 fully saturated rings. The molecule has 342 valence electrons. The third kappa shape index (κ3) is 4.66. The maximum Gasteiger partial charge on any atom is 0.0553 e. The molecular formula is C72H39N3. The van der Waals surface area contributed by atoms with E-state index in [9.17, 15) is 0 Å². The van der Waals surface area contributed by atoms with Crippen molar-refractivity contribution in [2.75, 3.05) is 0 Å². The minimum absolute atomic E-state index is 1.11. The van der Waals surface area contributed by atoms with Crippen molar-refractivity contribution >= 4 is 97.7 Å². The molecule has 0 bridgehead atoms. The third-order valence-corrected chi connectivity index (χ3v) is 17.6. The van der Waals surface area contributed by atoms with Gasteiger partial charge in [0.05, 0.1) is 50.2 Å². The summed E-state index contributed by atoms with van der Waals surface area (Å²) < 4.78 is 7.70. The maximum atomic E-state index is 2.57. The number of aromatic nitrogens is 3. The molecule has 0 saturated carbocycles. The van der Waals surface area contributed by atoms with E-state index in [0.717, 1.165) is 17.1 Å². The molecule has 3 nitrogen and oxygen atoms in total. The van der Waals surface area contributed by atoms with Crippen LogP contribution in [0.1, 0.15) is 0 Å². The molecule has 0 N–H and O–H groups in total. The Kier molecular flexibility index (Phi) is 6.99. The topological polar surface area (TPSA) is 14.8 Å². The average Bonchev–Trinajstić information content (AvgIpc) is 4.34. The highest BCUT2D eigenvalue weighted by atomic mass is 15.0. The molecule has 3 aliphatic carbocycles. The van der Waals surface area contributed by atoms with Gasteiger partial charge in [0.25, 0.3) is 0 Å². The Morgan fingerprint density at radius 2 is 0.400 bits per heavy atom. The molecule has 0 aliphatic heterocycles. The summed E-state index contributed by atoms with van der Waals surface area (Å²) >= 11 is 0. The molecule has 3 heteroatoms. The van der Waals surface area contributed by atoms with Crippen LogP contribution >= 0.6 is 0 Å². The Hall–Kier alpha value is -9.96.